The minimum absolute atomic E-state index is 0.0226. The summed E-state index contributed by atoms with van der Waals surface area (Å²) >= 11 is 0. The van der Waals surface area contributed by atoms with Gasteiger partial charge in [0.2, 0.25) is 11.8 Å². The molecule has 5 aliphatic carbocycles. The number of ketones is 1. The summed E-state index contributed by atoms with van der Waals surface area (Å²) in [5.41, 5.74) is 3.26. The summed E-state index contributed by atoms with van der Waals surface area (Å²) in [5, 5.41) is 3.26. The van der Waals surface area contributed by atoms with E-state index < -0.39 is 5.41 Å². The molecule has 0 aromatic rings. The molecule has 0 aromatic carbocycles. The van der Waals surface area contributed by atoms with Gasteiger partial charge < -0.3 is 5.32 Å². The molecule has 0 spiro atoms. The Morgan fingerprint density at radius 2 is 1.62 bits per heavy atom. The molecule has 4 fully saturated rings. The zero-order valence-electron chi connectivity index (χ0n) is 26.6. The van der Waals surface area contributed by atoms with E-state index in [1.165, 1.54) is 5.57 Å². The third kappa shape index (κ3) is 4.01. The number of carbonyl (C=O) groups excluding carboxylic acids is 3. The van der Waals surface area contributed by atoms with Gasteiger partial charge in [-0.15, -0.1) is 0 Å². The minimum atomic E-state index is -0.505. The first-order valence-corrected chi connectivity index (χ1v) is 15.9. The van der Waals surface area contributed by atoms with Crippen molar-refractivity contribution in [1.82, 2.24) is 10.8 Å². The van der Waals surface area contributed by atoms with Crippen LogP contribution < -0.4 is 10.8 Å². The molecule has 6 heteroatoms. The quantitative estimate of drug-likeness (QED) is 0.387. The highest BCUT2D eigenvalue weighted by atomic mass is 16.6. The minimum Gasteiger partial charge on any atom is -0.353 e. The fourth-order valence-corrected chi connectivity index (χ4v) is 11.2. The van der Waals surface area contributed by atoms with E-state index in [2.05, 4.69) is 65.3 Å². The lowest BCUT2D eigenvalue weighted by molar-refractivity contribution is -0.189. The second kappa shape index (κ2) is 9.41. The number of hydroxylamine groups is 1. The van der Waals surface area contributed by atoms with Crippen LogP contribution in [0.2, 0.25) is 0 Å². The van der Waals surface area contributed by atoms with Crippen molar-refractivity contribution < 1.29 is 19.2 Å². The molecule has 0 saturated heterocycles. The molecule has 5 aliphatic rings. The van der Waals surface area contributed by atoms with Crippen molar-refractivity contribution in [2.45, 2.75) is 126 Å². The normalized spacial score (nSPS) is 47.5. The Morgan fingerprint density at radius 3 is 2.27 bits per heavy atom. The maximum atomic E-state index is 14.5. The second-order valence-electron chi connectivity index (χ2n) is 16.2. The first-order chi connectivity index (χ1) is 18.5. The summed E-state index contributed by atoms with van der Waals surface area (Å²) in [5.74, 6) is 0.895. The molecule has 5 rings (SSSR count). The zero-order chi connectivity index (χ0) is 29.5. The SMILES string of the molecule is CCONC(=O)[C@@]1(C)CC[C@]2(C)CC[C@]3(C)C(=CC(=O)[C@@H]4[C@@]5(C)CC[C@H](NC(C)=O)C(C)(C)C5CC[C@]43C)[C@@H]2C1. The summed E-state index contributed by atoms with van der Waals surface area (Å²) in [6, 6.07) is 0.144. The predicted octanol–water partition coefficient (Wildman–Crippen LogP) is 6.54. The van der Waals surface area contributed by atoms with E-state index in [1.54, 1.807) is 6.92 Å². The van der Waals surface area contributed by atoms with Gasteiger partial charge in [0.25, 0.3) is 0 Å². The van der Waals surface area contributed by atoms with Crippen molar-refractivity contribution in [3.05, 3.63) is 11.6 Å². The molecule has 2 amide bonds. The van der Waals surface area contributed by atoms with Gasteiger partial charge in [0.15, 0.2) is 5.78 Å². The smallest absolute Gasteiger partial charge is 0.249 e. The second-order valence-corrected chi connectivity index (χ2v) is 16.2. The summed E-state index contributed by atoms with van der Waals surface area (Å²) in [6.07, 6.45) is 10.9. The van der Waals surface area contributed by atoms with E-state index in [0.29, 0.717) is 18.3 Å². The summed E-state index contributed by atoms with van der Waals surface area (Å²) in [4.78, 5) is 45.2. The van der Waals surface area contributed by atoms with E-state index in [0.717, 1.165) is 57.8 Å². The van der Waals surface area contributed by atoms with Gasteiger partial charge in [0.05, 0.1) is 6.61 Å². The fourth-order valence-electron chi connectivity index (χ4n) is 11.2. The molecular formula is C34H54N2O4. The van der Waals surface area contributed by atoms with E-state index >= 15 is 0 Å². The van der Waals surface area contributed by atoms with E-state index in [-0.39, 0.29) is 56.8 Å². The number of amides is 2. The van der Waals surface area contributed by atoms with Crippen molar-refractivity contribution in [2.24, 2.45) is 50.2 Å². The molecule has 4 saturated carbocycles. The maximum absolute atomic E-state index is 14.5. The van der Waals surface area contributed by atoms with E-state index in [9.17, 15) is 14.4 Å². The van der Waals surface area contributed by atoms with Crippen LogP contribution in [0.4, 0.5) is 0 Å². The Morgan fingerprint density at radius 1 is 0.950 bits per heavy atom. The summed E-state index contributed by atoms with van der Waals surface area (Å²) < 4.78 is 0. The van der Waals surface area contributed by atoms with Crippen LogP contribution >= 0.6 is 0 Å². The number of nitrogens with one attached hydrogen (secondary N) is 2. The van der Waals surface area contributed by atoms with Crippen LogP contribution in [0, 0.1) is 50.2 Å². The molecule has 0 heterocycles. The molecule has 224 valence electrons. The van der Waals surface area contributed by atoms with Crippen molar-refractivity contribution in [1.29, 1.82) is 0 Å². The molecule has 0 bridgehead atoms. The average molecular weight is 555 g/mol. The Labute approximate surface area is 242 Å². The van der Waals surface area contributed by atoms with E-state index in [4.69, 9.17) is 4.84 Å². The van der Waals surface area contributed by atoms with Crippen LogP contribution in [-0.4, -0.2) is 30.2 Å². The molecule has 2 N–H and O–H groups in total. The Balaban J connectivity index is 1.54. The first-order valence-electron chi connectivity index (χ1n) is 15.9. The maximum Gasteiger partial charge on any atom is 0.249 e. The Hall–Kier alpha value is -1.69. The largest absolute Gasteiger partial charge is 0.353 e. The van der Waals surface area contributed by atoms with Crippen molar-refractivity contribution >= 4 is 17.6 Å². The van der Waals surface area contributed by atoms with Crippen molar-refractivity contribution in [3.8, 4) is 0 Å². The number of hydrogen-bond acceptors (Lipinski definition) is 4. The van der Waals surface area contributed by atoms with Crippen molar-refractivity contribution in [2.75, 3.05) is 6.61 Å². The van der Waals surface area contributed by atoms with Crippen LogP contribution in [0.15, 0.2) is 11.6 Å². The van der Waals surface area contributed by atoms with Gasteiger partial charge in [-0.25, -0.2) is 5.48 Å². The molecule has 1 unspecified atom stereocenters. The van der Waals surface area contributed by atoms with Gasteiger partial charge in [0.1, 0.15) is 0 Å². The molecule has 0 radical (unpaired) electrons. The Kier molecular flexibility index (Phi) is 7.01. The fraction of sp³-hybridized carbons (Fsp3) is 0.853. The van der Waals surface area contributed by atoms with Gasteiger partial charge in [0, 0.05) is 24.3 Å². The van der Waals surface area contributed by atoms with Crippen LogP contribution in [0.1, 0.15) is 120 Å². The standard InChI is InChI=1S/C34H54N2O4/c1-10-40-36-28(39)31(6)16-15-30(5)17-18-33(8)22(23(30)20-31)19-24(38)27-32(7)13-12-26(35-21(2)37)29(3,4)25(32)11-14-34(27,33)9/h19,23,25-27H,10-18,20H2,1-9H3,(H,35,37)(H,36,39)/t23-,25?,26-,27+,30+,31-,32-,33+,34+/m0/s1. The first kappa shape index (κ1) is 29.8. The number of allylic oxidation sites excluding steroid dienone is 2. The van der Waals surface area contributed by atoms with Gasteiger partial charge in [-0.1, -0.05) is 54.0 Å². The van der Waals surface area contributed by atoms with Crippen LogP contribution in [0.5, 0.6) is 0 Å². The molecule has 0 aromatic heterocycles. The zero-order valence-corrected chi connectivity index (χ0v) is 26.6. The number of fused-ring (bicyclic) bond motifs is 7. The van der Waals surface area contributed by atoms with E-state index in [1.807, 2.05) is 6.92 Å². The highest BCUT2D eigenvalue weighted by Gasteiger charge is 2.70. The van der Waals surface area contributed by atoms with Gasteiger partial charge in [-0.3, -0.25) is 19.2 Å². The highest BCUT2D eigenvalue weighted by molar-refractivity contribution is 5.95. The predicted molar refractivity (Wildman–Crippen MR) is 157 cm³/mol. The number of hydrogen-bond donors (Lipinski definition) is 2. The lowest BCUT2D eigenvalue weighted by atomic mass is 9.33. The monoisotopic (exact) mass is 554 g/mol. The lowest BCUT2D eigenvalue weighted by Crippen LogP contribution is -2.67. The molecule has 40 heavy (non-hydrogen) atoms. The lowest BCUT2D eigenvalue weighted by Gasteiger charge is -2.70. The molecule has 9 atom stereocenters. The highest BCUT2D eigenvalue weighted by Crippen LogP contribution is 2.75. The van der Waals surface area contributed by atoms with Crippen LogP contribution in [0.3, 0.4) is 0 Å². The van der Waals surface area contributed by atoms with Crippen LogP contribution in [-0.2, 0) is 19.2 Å². The van der Waals surface area contributed by atoms with Gasteiger partial charge in [-0.05, 0) is 110 Å². The average Bonchev–Trinajstić information content (AvgIpc) is 2.86. The summed E-state index contributed by atoms with van der Waals surface area (Å²) in [6.45, 7) is 20.4. The molecule has 6 nitrogen and oxygen atoms in total. The Bertz CT molecular complexity index is 1130. The topological polar surface area (TPSA) is 84.5 Å². The van der Waals surface area contributed by atoms with Crippen molar-refractivity contribution in [3.63, 3.8) is 0 Å². The number of carbonyl (C=O) groups is 3. The van der Waals surface area contributed by atoms with Crippen LogP contribution in [0.25, 0.3) is 0 Å². The molecule has 0 aliphatic heterocycles. The van der Waals surface area contributed by atoms with Gasteiger partial charge >= 0.3 is 0 Å². The third-order valence-corrected chi connectivity index (χ3v) is 13.8. The number of rotatable bonds is 4. The van der Waals surface area contributed by atoms with Gasteiger partial charge in [-0.2, -0.15) is 0 Å². The summed E-state index contributed by atoms with van der Waals surface area (Å²) in [7, 11) is 0. The third-order valence-electron chi connectivity index (χ3n) is 13.8. The molecular weight excluding hydrogens is 500 g/mol.